The van der Waals surface area contributed by atoms with Crippen molar-refractivity contribution >= 4 is 34.9 Å². The van der Waals surface area contributed by atoms with Gasteiger partial charge in [-0.2, -0.15) is 0 Å². The van der Waals surface area contributed by atoms with Crippen molar-refractivity contribution in [1.29, 1.82) is 0 Å². The van der Waals surface area contributed by atoms with Crippen molar-refractivity contribution in [2.24, 2.45) is 0 Å². The third-order valence-corrected chi connectivity index (χ3v) is 7.36. The first-order chi connectivity index (χ1) is 17.8. The monoisotopic (exact) mass is 527 g/mol. The highest BCUT2D eigenvalue weighted by Gasteiger charge is 2.29. The summed E-state index contributed by atoms with van der Waals surface area (Å²) in [6.45, 7) is 6.20. The van der Waals surface area contributed by atoms with Gasteiger partial charge in [-0.05, 0) is 17.2 Å². The quantitative estimate of drug-likeness (QED) is 0.298. The Balaban J connectivity index is 1.39. The van der Waals surface area contributed by atoms with Crippen molar-refractivity contribution in [2.75, 3.05) is 45.9 Å². The summed E-state index contributed by atoms with van der Waals surface area (Å²) in [5.41, 5.74) is 1.13. The first-order valence-electron chi connectivity index (χ1n) is 11.9. The highest BCUT2D eigenvalue weighted by molar-refractivity contribution is 8.00. The minimum Gasteiger partial charge on any atom is -0.480 e. The lowest BCUT2D eigenvalue weighted by Gasteiger charge is -2.34. The number of piperazine rings is 1. The highest BCUT2D eigenvalue weighted by atomic mass is 32.2. The van der Waals surface area contributed by atoms with Crippen molar-refractivity contribution in [3.05, 3.63) is 76.4 Å². The molecule has 2 aromatic rings. The zero-order valence-electron chi connectivity index (χ0n) is 20.3. The van der Waals surface area contributed by atoms with Gasteiger partial charge in [0.1, 0.15) is 5.44 Å². The maximum absolute atomic E-state index is 13.0. The van der Waals surface area contributed by atoms with Crippen molar-refractivity contribution in [3.63, 3.8) is 0 Å². The van der Waals surface area contributed by atoms with E-state index in [9.17, 15) is 19.7 Å². The summed E-state index contributed by atoms with van der Waals surface area (Å²) < 4.78 is 11.9. The summed E-state index contributed by atoms with van der Waals surface area (Å²) in [6.07, 6.45) is 0.533. The number of benzene rings is 2. The maximum Gasteiger partial charge on any atom is 0.317 e. The lowest BCUT2D eigenvalue weighted by Crippen LogP contribution is -2.50. The molecule has 2 saturated heterocycles. The molecule has 2 fully saturated rings. The second-order valence-electron chi connectivity index (χ2n) is 8.91. The van der Waals surface area contributed by atoms with Gasteiger partial charge in [-0.1, -0.05) is 54.7 Å². The molecule has 2 aliphatic heterocycles. The predicted molar refractivity (Wildman–Crippen MR) is 138 cm³/mol. The van der Waals surface area contributed by atoms with Gasteiger partial charge < -0.3 is 19.5 Å². The van der Waals surface area contributed by atoms with Crippen LogP contribution in [0, 0.1) is 10.1 Å². The molecule has 2 aromatic carbocycles. The topological polar surface area (TPSA) is 122 Å². The number of aliphatic carboxylic acids is 1. The van der Waals surface area contributed by atoms with E-state index in [1.807, 2.05) is 30.3 Å². The second-order valence-corrected chi connectivity index (χ2v) is 10.1. The molecule has 1 amide bonds. The van der Waals surface area contributed by atoms with Crippen molar-refractivity contribution < 1.29 is 29.1 Å². The van der Waals surface area contributed by atoms with Crippen LogP contribution in [0.25, 0.3) is 5.57 Å². The van der Waals surface area contributed by atoms with E-state index in [1.165, 1.54) is 17.8 Å². The molecule has 1 N–H and O–H groups in total. The Hall–Kier alpha value is -3.25. The van der Waals surface area contributed by atoms with Gasteiger partial charge in [0.2, 0.25) is 0 Å². The fourth-order valence-corrected chi connectivity index (χ4v) is 5.40. The van der Waals surface area contributed by atoms with Gasteiger partial charge >= 0.3 is 5.97 Å². The Morgan fingerprint density at radius 2 is 1.84 bits per heavy atom. The number of hydrogen-bond acceptors (Lipinski definition) is 8. The molecular weight excluding hydrogens is 498 g/mol. The number of ether oxygens (including phenoxy) is 2. The van der Waals surface area contributed by atoms with E-state index < -0.39 is 16.3 Å². The van der Waals surface area contributed by atoms with Crippen molar-refractivity contribution in [1.82, 2.24) is 9.80 Å². The zero-order chi connectivity index (χ0) is 26.4. The molecule has 0 bridgehead atoms. The van der Waals surface area contributed by atoms with Crippen LogP contribution in [0.15, 0.2) is 60.0 Å². The molecule has 0 spiro atoms. The molecule has 4 rings (SSSR count). The van der Waals surface area contributed by atoms with Gasteiger partial charge in [0.05, 0.1) is 35.7 Å². The molecule has 196 valence electrons. The Morgan fingerprint density at radius 3 is 2.51 bits per heavy atom. The summed E-state index contributed by atoms with van der Waals surface area (Å²) in [7, 11) is 0. The lowest BCUT2D eigenvalue weighted by atomic mass is 10.1. The number of rotatable bonds is 9. The number of nitro groups is 1. The summed E-state index contributed by atoms with van der Waals surface area (Å²) >= 11 is 1.23. The number of carbonyl (C=O) groups is 2. The van der Waals surface area contributed by atoms with Crippen LogP contribution in [0.5, 0.6) is 0 Å². The van der Waals surface area contributed by atoms with Gasteiger partial charge in [0, 0.05) is 44.2 Å². The Kier molecular flexibility index (Phi) is 8.93. The van der Waals surface area contributed by atoms with E-state index in [0.29, 0.717) is 56.3 Å². The summed E-state index contributed by atoms with van der Waals surface area (Å²) in [5.74, 6) is -1.23. The standard InChI is InChI=1S/C26H29N3O7S/c1-18(26(32)28-11-9-27(10-12-28)15-24(30)31)20-7-8-23(22(14-20)29(33)34)37-25-17-35-16-21(36-25)13-19-5-3-2-4-6-19/h2-8,14,21,25H,1,9-13,15-17H2,(H,30,31). The number of nitro benzene ring substituents is 1. The van der Waals surface area contributed by atoms with E-state index in [1.54, 1.807) is 21.9 Å². The van der Waals surface area contributed by atoms with Crippen LogP contribution in [0.4, 0.5) is 5.69 Å². The summed E-state index contributed by atoms with van der Waals surface area (Å²) in [4.78, 5) is 39.1. The molecule has 0 aliphatic carbocycles. The molecular formula is C26H29N3O7S. The van der Waals surface area contributed by atoms with Crippen LogP contribution in [-0.4, -0.2) is 89.2 Å². The Bertz CT molecular complexity index is 1150. The normalized spacial score (nSPS) is 20.4. The molecule has 2 atom stereocenters. The first kappa shape index (κ1) is 26.8. The number of carboxylic acids is 1. The minimum absolute atomic E-state index is 0.0724. The van der Waals surface area contributed by atoms with Crippen LogP contribution in [0.3, 0.4) is 0 Å². The molecule has 10 nitrogen and oxygen atoms in total. The average molecular weight is 528 g/mol. The molecule has 2 aliphatic rings. The van der Waals surface area contributed by atoms with Gasteiger partial charge in [0.15, 0.2) is 0 Å². The maximum atomic E-state index is 13.0. The summed E-state index contributed by atoms with van der Waals surface area (Å²) in [5, 5.41) is 20.8. The molecule has 0 aromatic heterocycles. The number of hydrogen-bond donors (Lipinski definition) is 1. The van der Waals surface area contributed by atoms with Crippen LogP contribution in [0.1, 0.15) is 11.1 Å². The van der Waals surface area contributed by atoms with E-state index in [4.69, 9.17) is 14.6 Å². The number of carboxylic acid groups (broad SMARTS) is 1. The third-order valence-electron chi connectivity index (χ3n) is 6.25. The van der Waals surface area contributed by atoms with Crippen LogP contribution in [0.2, 0.25) is 0 Å². The number of nitrogens with zero attached hydrogens (tertiary/aromatic N) is 3. The summed E-state index contributed by atoms with van der Waals surface area (Å²) in [6, 6.07) is 14.6. The van der Waals surface area contributed by atoms with Crippen molar-refractivity contribution in [2.45, 2.75) is 22.9 Å². The SMILES string of the molecule is C=C(C(=O)N1CCN(CC(=O)O)CC1)c1ccc(SC2COCC(Cc3ccccc3)O2)c([N+](=O)[O-])c1. The minimum atomic E-state index is -0.911. The van der Waals surface area contributed by atoms with E-state index >= 15 is 0 Å². The van der Waals surface area contributed by atoms with Crippen LogP contribution < -0.4 is 0 Å². The first-order valence-corrected chi connectivity index (χ1v) is 12.8. The largest absolute Gasteiger partial charge is 0.480 e. The molecule has 0 radical (unpaired) electrons. The third kappa shape index (κ3) is 7.16. The number of amides is 1. The van der Waals surface area contributed by atoms with E-state index in [2.05, 4.69) is 6.58 Å². The molecule has 37 heavy (non-hydrogen) atoms. The molecule has 11 heteroatoms. The number of thioether (sulfide) groups is 1. The fraction of sp³-hybridized carbons (Fsp3) is 0.385. The molecule has 2 heterocycles. The van der Waals surface area contributed by atoms with Gasteiger partial charge in [-0.3, -0.25) is 24.6 Å². The van der Waals surface area contributed by atoms with Gasteiger partial charge in [-0.15, -0.1) is 0 Å². The zero-order valence-corrected chi connectivity index (χ0v) is 21.1. The number of carbonyl (C=O) groups excluding carboxylic acids is 1. The van der Waals surface area contributed by atoms with E-state index in [0.717, 1.165) is 5.56 Å². The lowest BCUT2D eigenvalue weighted by molar-refractivity contribution is -0.387. The van der Waals surface area contributed by atoms with Crippen LogP contribution in [-0.2, 0) is 25.5 Å². The Labute approximate surface area is 219 Å². The molecule has 2 unspecified atom stereocenters. The predicted octanol–water partition coefficient (Wildman–Crippen LogP) is 2.91. The Morgan fingerprint density at radius 1 is 1.11 bits per heavy atom. The average Bonchev–Trinajstić information content (AvgIpc) is 2.89. The van der Waals surface area contributed by atoms with E-state index in [-0.39, 0.29) is 29.8 Å². The van der Waals surface area contributed by atoms with Gasteiger partial charge in [-0.25, -0.2) is 0 Å². The van der Waals surface area contributed by atoms with Crippen LogP contribution >= 0.6 is 11.8 Å². The smallest absolute Gasteiger partial charge is 0.317 e. The van der Waals surface area contributed by atoms with Crippen molar-refractivity contribution in [3.8, 4) is 0 Å². The second kappa shape index (κ2) is 12.3. The van der Waals surface area contributed by atoms with Gasteiger partial charge in [0.25, 0.3) is 11.6 Å². The highest BCUT2D eigenvalue weighted by Crippen LogP contribution is 2.36. The fourth-order valence-electron chi connectivity index (χ4n) is 4.34. The molecule has 0 saturated carbocycles.